The normalized spacial score (nSPS) is 12.2. The average molecular weight is 495 g/mol. The van der Waals surface area contributed by atoms with Crippen LogP contribution in [0.1, 0.15) is 142 Å². The van der Waals surface area contributed by atoms with E-state index in [-0.39, 0.29) is 30.0 Å². The van der Waals surface area contributed by atoms with Gasteiger partial charge in [0.15, 0.2) is 0 Å². The molecule has 0 aliphatic carbocycles. The third kappa shape index (κ3) is 16.5. The summed E-state index contributed by atoms with van der Waals surface area (Å²) in [6, 6.07) is 10.4. The van der Waals surface area contributed by atoms with Gasteiger partial charge in [0.2, 0.25) is 5.91 Å². The fourth-order valence-electron chi connectivity index (χ4n) is 4.54. The number of carbonyl (C=O) groups excluding carboxylic acids is 1. The van der Waals surface area contributed by atoms with Crippen LogP contribution in [-0.2, 0) is 10.3 Å². The van der Waals surface area contributed by atoms with Crippen LogP contribution in [0.15, 0.2) is 30.3 Å². The van der Waals surface area contributed by atoms with Gasteiger partial charge in [-0.15, -0.1) is 12.4 Å². The molecule has 0 aromatic heterocycles. The average Bonchev–Trinajstić information content (AvgIpc) is 2.81. The van der Waals surface area contributed by atoms with Crippen molar-refractivity contribution in [3.63, 3.8) is 0 Å². The first-order valence-corrected chi connectivity index (χ1v) is 14.1. The van der Waals surface area contributed by atoms with E-state index in [0.717, 1.165) is 12.8 Å². The van der Waals surface area contributed by atoms with Crippen molar-refractivity contribution >= 4 is 18.3 Å². The second-order valence-corrected chi connectivity index (χ2v) is 10.4. The van der Waals surface area contributed by atoms with Gasteiger partial charge in [-0.25, -0.2) is 0 Å². The van der Waals surface area contributed by atoms with Gasteiger partial charge < -0.3 is 5.32 Å². The first-order valence-electron chi connectivity index (χ1n) is 14.1. The highest BCUT2D eigenvalue weighted by atomic mass is 35.5. The van der Waals surface area contributed by atoms with Crippen LogP contribution >= 0.6 is 12.4 Å². The number of carbonyl (C=O) groups is 1. The molecule has 1 unspecified atom stereocenters. The smallest absolute Gasteiger partial charge is 0.221 e. The van der Waals surface area contributed by atoms with E-state index in [2.05, 4.69) is 62.6 Å². The van der Waals surface area contributed by atoms with Crippen molar-refractivity contribution in [1.29, 1.82) is 0 Å². The molecule has 0 bridgehead atoms. The summed E-state index contributed by atoms with van der Waals surface area (Å²) in [5.41, 5.74) is 1.06. The van der Waals surface area contributed by atoms with E-state index in [1.807, 2.05) is 6.07 Å². The Morgan fingerprint density at radius 1 is 0.735 bits per heavy atom. The number of hydrogen-bond donors (Lipinski definition) is 2. The standard InChI is InChI=1S/C30H54N2O.ClH/c1-5-7-8-9-10-11-12-13-14-15-16-17-18-19-23-26-29(33)31-28(6-2)32-30(3,4)27-24-21-20-22-25-27;/h20-22,24-25,28,32H,5-19,23,26H2,1-4H3,(H,31,33);1H. The molecule has 0 saturated heterocycles. The molecule has 3 nitrogen and oxygen atoms in total. The van der Waals surface area contributed by atoms with Gasteiger partial charge in [-0.05, 0) is 32.3 Å². The Balaban J connectivity index is 0.0000109. The molecule has 1 aromatic carbocycles. The van der Waals surface area contributed by atoms with Crippen LogP contribution < -0.4 is 10.6 Å². The van der Waals surface area contributed by atoms with Crippen molar-refractivity contribution in [2.75, 3.05) is 0 Å². The summed E-state index contributed by atoms with van der Waals surface area (Å²) in [7, 11) is 0. The van der Waals surface area contributed by atoms with E-state index in [9.17, 15) is 4.79 Å². The fourth-order valence-corrected chi connectivity index (χ4v) is 4.54. The van der Waals surface area contributed by atoms with E-state index < -0.39 is 0 Å². The van der Waals surface area contributed by atoms with Crippen molar-refractivity contribution in [2.45, 2.75) is 149 Å². The van der Waals surface area contributed by atoms with Crippen molar-refractivity contribution in [3.05, 3.63) is 35.9 Å². The molecule has 1 atom stereocenters. The molecule has 0 aliphatic rings. The zero-order valence-electron chi connectivity index (χ0n) is 22.8. The quantitative estimate of drug-likeness (QED) is 0.132. The number of hydrogen-bond acceptors (Lipinski definition) is 2. The molecule has 4 heteroatoms. The highest BCUT2D eigenvalue weighted by Crippen LogP contribution is 2.20. The molecule has 1 rings (SSSR count). The van der Waals surface area contributed by atoms with E-state index in [1.165, 1.54) is 95.5 Å². The van der Waals surface area contributed by atoms with Gasteiger partial charge in [-0.2, -0.15) is 0 Å². The van der Waals surface area contributed by atoms with E-state index in [4.69, 9.17) is 0 Å². The van der Waals surface area contributed by atoms with E-state index in [0.29, 0.717) is 6.42 Å². The number of halogens is 1. The molecule has 198 valence electrons. The van der Waals surface area contributed by atoms with Crippen molar-refractivity contribution < 1.29 is 4.79 Å². The molecular formula is C30H55ClN2O. The second kappa shape index (κ2) is 21.2. The Hall–Kier alpha value is -1.06. The maximum atomic E-state index is 12.4. The van der Waals surface area contributed by atoms with Crippen LogP contribution in [0.4, 0.5) is 0 Å². The van der Waals surface area contributed by atoms with Gasteiger partial charge >= 0.3 is 0 Å². The van der Waals surface area contributed by atoms with Gasteiger partial charge in [0, 0.05) is 12.0 Å². The lowest BCUT2D eigenvalue weighted by atomic mass is 9.94. The van der Waals surface area contributed by atoms with Crippen LogP contribution in [-0.4, -0.2) is 12.1 Å². The van der Waals surface area contributed by atoms with Crippen LogP contribution in [0.2, 0.25) is 0 Å². The van der Waals surface area contributed by atoms with Gasteiger partial charge in [-0.1, -0.05) is 134 Å². The number of nitrogens with one attached hydrogen (secondary N) is 2. The summed E-state index contributed by atoms with van der Waals surface area (Å²) >= 11 is 0. The fraction of sp³-hybridized carbons (Fsp3) is 0.767. The number of rotatable bonds is 21. The topological polar surface area (TPSA) is 41.1 Å². The molecule has 0 fully saturated rings. The monoisotopic (exact) mass is 494 g/mol. The lowest BCUT2D eigenvalue weighted by molar-refractivity contribution is -0.122. The molecule has 0 radical (unpaired) electrons. The van der Waals surface area contributed by atoms with Crippen molar-refractivity contribution in [1.82, 2.24) is 10.6 Å². The Bertz CT molecular complexity index is 591. The third-order valence-corrected chi connectivity index (χ3v) is 6.78. The lowest BCUT2D eigenvalue weighted by Crippen LogP contribution is -2.52. The minimum Gasteiger partial charge on any atom is -0.341 e. The zero-order chi connectivity index (χ0) is 24.2. The van der Waals surface area contributed by atoms with Gasteiger partial charge in [0.05, 0.1) is 6.17 Å². The van der Waals surface area contributed by atoms with Crippen molar-refractivity contribution in [3.8, 4) is 0 Å². The summed E-state index contributed by atoms with van der Waals surface area (Å²) in [4.78, 5) is 12.4. The van der Waals surface area contributed by atoms with Gasteiger partial charge in [-0.3, -0.25) is 10.1 Å². The Labute approximate surface area is 218 Å². The van der Waals surface area contributed by atoms with Crippen LogP contribution in [0.3, 0.4) is 0 Å². The number of benzene rings is 1. The summed E-state index contributed by atoms with van der Waals surface area (Å²) in [5.74, 6) is 0.174. The predicted octanol–water partition coefficient (Wildman–Crippen LogP) is 9.05. The summed E-state index contributed by atoms with van der Waals surface area (Å²) in [6.45, 7) is 8.75. The second-order valence-electron chi connectivity index (χ2n) is 10.4. The Morgan fingerprint density at radius 3 is 1.62 bits per heavy atom. The molecule has 1 aromatic rings. The highest BCUT2D eigenvalue weighted by molar-refractivity contribution is 5.85. The van der Waals surface area contributed by atoms with Gasteiger partial charge in [0.25, 0.3) is 0 Å². The summed E-state index contributed by atoms with van der Waals surface area (Å²) in [6.07, 6.45) is 21.8. The zero-order valence-corrected chi connectivity index (χ0v) is 23.6. The maximum Gasteiger partial charge on any atom is 0.221 e. The first kappa shape index (κ1) is 32.9. The molecule has 0 aliphatic heterocycles. The van der Waals surface area contributed by atoms with E-state index >= 15 is 0 Å². The SMILES string of the molecule is CCCCCCCCCCCCCCCCCC(=O)NC(CC)NC(C)(C)c1ccccc1.Cl. The van der Waals surface area contributed by atoms with Crippen LogP contribution in [0.5, 0.6) is 0 Å². The van der Waals surface area contributed by atoms with Crippen LogP contribution in [0, 0.1) is 0 Å². The molecule has 0 spiro atoms. The molecule has 2 N–H and O–H groups in total. The molecule has 1 amide bonds. The summed E-state index contributed by atoms with van der Waals surface area (Å²) < 4.78 is 0. The largest absolute Gasteiger partial charge is 0.341 e. The van der Waals surface area contributed by atoms with Crippen molar-refractivity contribution in [2.24, 2.45) is 0 Å². The first-order chi connectivity index (χ1) is 16.0. The number of amides is 1. The Kier molecular flexibility index (Phi) is 20.6. The third-order valence-electron chi connectivity index (χ3n) is 6.78. The van der Waals surface area contributed by atoms with Gasteiger partial charge in [0.1, 0.15) is 0 Å². The molecule has 34 heavy (non-hydrogen) atoms. The maximum absolute atomic E-state index is 12.4. The molecule has 0 saturated carbocycles. The number of unbranched alkanes of at least 4 members (excludes halogenated alkanes) is 14. The van der Waals surface area contributed by atoms with Crippen LogP contribution in [0.25, 0.3) is 0 Å². The minimum absolute atomic E-state index is 0. The minimum atomic E-state index is -0.177. The van der Waals surface area contributed by atoms with E-state index in [1.54, 1.807) is 0 Å². The summed E-state index contributed by atoms with van der Waals surface area (Å²) in [5, 5.41) is 6.80. The predicted molar refractivity (Wildman–Crippen MR) is 152 cm³/mol. The lowest BCUT2D eigenvalue weighted by Gasteiger charge is -2.32. The highest BCUT2D eigenvalue weighted by Gasteiger charge is 2.23. The molecular weight excluding hydrogens is 440 g/mol. The molecule has 0 heterocycles. The Morgan fingerprint density at radius 2 is 1.18 bits per heavy atom.